The Hall–Kier alpha value is -0.950. The summed E-state index contributed by atoms with van der Waals surface area (Å²) in [5, 5.41) is 8.98. The Morgan fingerprint density at radius 2 is 1.95 bits per heavy atom. The molecular weight excluding hydrogens is 278 g/mol. The summed E-state index contributed by atoms with van der Waals surface area (Å²) in [5.41, 5.74) is 1.53. The second-order valence-corrected chi connectivity index (χ2v) is 7.17. The van der Waals surface area contributed by atoms with Crippen molar-refractivity contribution in [3.63, 3.8) is 0 Å². The molecule has 1 aromatic rings. The molecule has 6 heteroatoms. The first-order valence-corrected chi connectivity index (χ1v) is 8.31. The lowest BCUT2D eigenvalue weighted by Crippen LogP contribution is -2.30. The van der Waals surface area contributed by atoms with Crippen LogP contribution in [-0.2, 0) is 27.1 Å². The summed E-state index contributed by atoms with van der Waals surface area (Å²) in [6.45, 7) is 1.70. The Balaban J connectivity index is 2.00. The molecule has 0 saturated carbocycles. The minimum Gasteiger partial charge on any atom is -0.392 e. The fraction of sp³-hybridized carbons (Fsp3) is 0.571. The van der Waals surface area contributed by atoms with Crippen molar-refractivity contribution in [2.24, 2.45) is 5.92 Å². The first-order chi connectivity index (χ1) is 9.55. The van der Waals surface area contributed by atoms with Crippen LogP contribution in [0.25, 0.3) is 0 Å². The van der Waals surface area contributed by atoms with Gasteiger partial charge >= 0.3 is 0 Å². The van der Waals surface area contributed by atoms with Crippen LogP contribution >= 0.6 is 0 Å². The first-order valence-electron chi connectivity index (χ1n) is 6.70. The second-order valence-electron chi connectivity index (χ2n) is 5.20. The second kappa shape index (κ2) is 6.67. The van der Waals surface area contributed by atoms with Gasteiger partial charge in [-0.2, -0.15) is 0 Å². The highest BCUT2D eigenvalue weighted by molar-refractivity contribution is 7.88. The Morgan fingerprint density at radius 3 is 2.55 bits per heavy atom. The Kier molecular flexibility index (Phi) is 5.15. The third-order valence-electron chi connectivity index (χ3n) is 3.60. The van der Waals surface area contributed by atoms with E-state index in [0.717, 1.165) is 17.5 Å². The molecule has 0 amide bonds. The van der Waals surface area contributed by atoms with E-state index < -0.39 is 10.0 Å². The van der Waals surface area contributed by atoms with Crippen molar-refractivity contribution in [1.82, 2.24) is 4.31 Å². The number of nitrogens with zero attached hydrogens (tertiary/aromatic N) is 1. The molecule has 0 bridgehead atoms. The van der Waals surface area contributed by atoms with Crippen molar-refractivity contribution in [2.45, 2.75) is 18.8 Å². The molecule has 1 N–H and O–H groups in total. The lowest BCUT2D eigenvalue weighted by Gasteiger charge is -2.16. The average Bonchev–Trinajstić information content (AvgIpc) is 2.89. The quantitative estimate of drug-likeness (QED) is 0.850. The molecule has 1 unspecified atom stereocenters. The highest BCUT2D eigenvalue weighted by Crippen LogP contribution is 2.22. The maximum Gasteiger partial charge on any atom is 0.218 e. The number of benzene rings is 1. The van der Waals surface area contributed by atoms with Crippen LogP contribution in [-0.4, -0.2) is 44.6 Å². The predicted molar refractivity (Wildman–Crippen MR) is 76.5 cm³/mol. The summed E-state index contributed by atoms with van der Waals surface area (Å²) in [6.07, 6.45) is 0.858. The summed E-state index contributed by atoms with van der Waals surface area (Å²) in [7, 11) is -1.63. The van der Waals surface area contributed by atoms with Gasteiger partial charge in [-0.15, -0.1) is 0 Å². The molecule has 0 spiro atoms. The summed E-state index contributed by atoms with van der Waals surface area (Å²) in [4.78, 5) is 0. The molecule has 1 atom stereocenters. The number of aliphatic hydroxyl groups is 1. The molecule has 0 aromatic heterocycles. The van der Waals surface area contributed by atoms with Crippen LogP contribution in [0.4, 0.5) is 0 Å². The lowest BCUT2D eigenvalue weighted by atomic mass is 10.1. The first kappa shape index (κ1) is 15.4. The number of hydrogen-bond acceptors (Lipinski definition) is 4. The highest BCUT2D eigenvalue weighted by atomic mass is 32.2. The zero-order chi connectivity index (χ0) is 14.6. The molecular formula is C14H21NO4S. The fourth-order valence-corrected chi connectivity index (χ4v) is 4.08. The molecule has 1 aromatic carbocycles. The van der Waals surface area contributed by atoms with E-state index in [1.807, 2.05) is 0 Å². The minimum atomic E-state index is -3.27. The van der Waals surface area contributed by atoms with Gasteiger partial charge in [-0.3, -0.25) is 0 Å². The average molecular weight is 299 g/mol. The Bertz CT molecular complexity index is 527. The van der Waals surface area contributed by atoms with Crippen LogP contribution in [0.15, 0.2) is 24.3 Å². The van der Waals surface area contributed by atoms with Gasteiger partial charge < -0.3 is 9.84 Å². The van der Waals surface area contributed by atoms with E-state index in [0.29, 0.717) is 25.6 Å². The summed E-state index contributed by atoms with van der Waals surface area (Å²) >= 11 is 0. The van der Waals surface area contributed by atoms with E-state index in [1.165, 1.54) is 0 Å². The maximum atomic E-state index is 12.3. The van der Waals surface area contributed by atoms with Crippen molar-refractivity contribution in [3.05, 3.63) is 35.4 Å². The fourth-order valence-electron chi connectivity index (χ4n) is 2.46. The van der Waals surface area contributed by atoms with Gasteiger partial charge in [0.15, 0.2) is 0 Å². The minimum absolute atomic E-state index is 0.0123. The molecule has 1 fully saturated rings. The van der Waals surface area contributed by atoms with E-state index >= 15 is 0 Å². The van der Waals surface area contributed by atoms with Crippen molar-refractivity contribution < 1.29 is 18.3 Å². The monoisotopic (exact) mass is 299 g/mol. The van der Waals surface area contributed by atoms with Crippen LogP contribution in [0.5, 0.6) is 0 Å². The SMILES string of the molecule is COCC1CCN(S(=O)(=O)Cc2ccc(CO)cc2)C1. The molecule has 0 aliphatic carbocycles. The number of hydrogen-bond donors (Lipinski definition) is 1. The number of ether oxygens (including phenoxy) is 1. The molecule has 1 aliphatic rings. The van der Waals surface area contributed by atoms with E-state index in [4.69, 9.17) is 9.84 Å². The van der Waals surface area contributed by atoms with E-state index in [9.17, 15) is 8.42 Å². The predicted octanol–water partition coefficient (Wildman–Crippen LogP) is 0.977. The standard InChI is InChI=1S/C14H21NO4S/c1-19-10-14-6-7-15(8-14)20(17,18)11-13-4-2-12(9-16)3-5-13/h2-5,14,16H,6-11H2,1H3. The zero-order valence-electron chi connectivity index (χ0n) is 11.7. The zero-order valence-corrected chi connectivity index (χ0v) is 12.5. The number of aliphatic hydroxyl groups excluding tert-OH is 1. The summed E-state index contributed by atoms with van der Waals surface area (Å²) in [6, 6.07) is 7.02. The number of sulfonamides is 1. The van der Waals surface area contributed by atoms with Crippen LogP contribution in [0, 0.1) is 5.92 Å². The number of methoxy groups -OCH3 is 1. The van der Waals surface area contributed by atoms with E-state index in [2.05, 4.69) is 0 Å². The van der Waals surface area contributed by atoms with Gasteiger partial charge in [0.25, 0.3) is 0 Å². The van der Waals surface area contributed by atoms with Gasteiger partial charge in [0.2, 0.25) is 10.0 Å². The molecule has 20 heavy (non-hydrogen) atoms. The van der Waals surface area contributed by atoms with Gasteiger partial charge in [0, 0.05) is 20.2 Å². The van der Waals surface area contributed by atoms with Gasteiger partial charge in [-0.05, 0) is 23.5 Å². The molecule has 112 valence electrons. The third-order valence-corrected chi connectivity index (χ3v) is 5.42. The molecule has 2 rings (SSSR count). The lowest BCUT2D eigenvalue weighted by molar-refractivity contribution is 0.157. The summed E-state index contributed by atoms with van der Waals surface area (Å²) in [5.74, 6) is 0.310. The van der Waals surface area contributed by atoms with Crippen molar-refractivity contribution in [2.75, 3.05) is 26.8 Å². The molecule has 1 aliphatic heterocycles. The van der Waals surface area contributed by atoms with Crippen LogP contribution in [0.2, 0.25) is 0 Å². The van der Waals surface area contributed by atoms with Crippen LogP contribution < -0.4 is 0 Å². The maximum absolute atomic E-state index is 12.3. The molecule has 5 nitrogen and oxygen atoms in total. The van der Waals surface area contributed by atoms with E-state index in [1.54, 1.807) is 35.7 Å². The molecule has 1 saturated heterocycles. The Labute approximate surface area is 120 Å². The van der Waals surface area contributed by atoms with Crippen molar-refractivity contribution in [3.8, 4) is 0 Å². The topological polar surface area (TPSA) is 66.8 Å². The van der Waals surface area contributed by atoms with Gasteiger partial charge in [0.05, 0.1) is 19.0 Å². The van der Waals surface area contributed by atoms with Crippen molar-refractivity contribution in [1.29, 1.82) is 0 Å². The van der Waals surface area contributed by atoms with Gasteiger partial charge in [0.1, 0.15) is 0 Å². The highest BCUT2D eigenvalue weighted by Gasteiger charge is 2.31. The summed E-state index contributed by atoms with van der Waals surface area (Å²) < 4.78 is 31.3. The Morgan fingerprint density at radius 1 is 1.30 bits per heavy atom. The van der Waals surface area contributed by atoms with Gasteiger partial charge in [-0.25, -0.2) is 12.7 Å². The van der Waals surface area contributed by atoms with E-state index in [-0.39, 0.29) is 12.4 Å². The van der Waals surface area contributed by atoms with Crippen LogP contribution in [0.3, 0.4) is 0 Å². The van der Waals surface area contributed by atoms with Crippen LogP contribution in [0.1, 0.15) is 17.5 Å². The van der Waals surface area contributed by atoms with Crippen molar-refractivity contribution >= 4 is 10.0 Å². The number of rotatable bonds is 6. The largest absolute Gasteiger partial charge is 0.392 e. The molecule has 0 radical (unpaired) electrons. The molecule has 1 heterocycles. The van der Waals surface area contributed by atoms with Gasteiger partial charge in [-0.1, -0.05) is 24.3 Å². The normalized spacial score (nSPS) is 20.4. The third kappa shape index (κ3) is 3.79. The smallest absolute Gasteiger partial charge is 0.218 e.